The van der Waals surface area contributed by atoms with Gasteiger partial charge in [-0.1, -0.05) is 6.92 Å². The van der Waals surface area contributed by atoms with Gasteiger partial charge in [-0.3, -0.25) is 4.40 Å². The van der Waals surface area contributed by atoms with Gasteiger partial charge in [-0.25, -0.2) is 4.98 Å². The zero-order valence-electron chi connectivity index (χ0n) is 11.3. The Kier molecular flexibility index (Phi) is 3.53. The van der Waals surface area contributed by atoms with E-state index in [-0.39, 0.29) is 0 Å². The van der Waals surface area contributed by atoms with Crippen LogP contribution in [0.3, 0.4) is 0 Å². The highest BCUT2D eigenvalue weighted by Crippen LogP contribution is 2.26. The Morgan fingerprint density at radius 1 is 1.42 bits per heavy atom. The number of hydrogen-bond acceptors (Lipinski definition) is 4. The molecule has 0 aliphatic heterocycles. The summed E-state index contributed by atoms with van der Waals surface area (Å²) in [4.78, 5) is 8.89. The highest BCUT2D eigenvalue weighted by atomic mass is 16.5. The molecule has 2 heterocycles. The molecule has 0 radical (unpaired) electrons. The van der Waals surface area contributed by atoms with Crippen molar-refractivity contribution in [1.82, 2.24) is 14.4 Å². The van der Waals surface area contributed by atoms with Crippen LogP contribution < -0.4 is 10.1 Å². The predicted molar refractivity (Wildman–Crippen MR) is 74.7 cm³/mol. The fourth-order valence-corrected chi connectivity index (χ4v) is 2.48. The first-order valence-electron chi connectivity index (χ1n) is 7.11. The Morgan fingerprint density at radius 2 is 2.26 bits per heavy atom. The molecule has 1 fully saturated rings. The van der Waals surface area contributed by atoms with E-state index in [1.165, 1.54) is 12.8 Å². The minimum Gasteiger partial charge on any atom is -0.472 e. The smallest absolute Gasteiger partial charge is 0.260 e. The highest BCUT2D eigenvalue weighted by Gasteiger charge is 2.19. The van der Waals surface area contributed by atoms with E-state index in [2.05, 4.69) is 22.2 Å². The average Bonchev–Trinajstić information content (AvgIpc) is 3.06. The fourth-order valence-electron chi connectivity index (χ4n) is 2.48. The van der Waals surface area contributed by atoms with Crippen LogP contribution in [0.25, 0.3) is 5.65 Å². The van der Waals surface area contributed by atoms with E-state index < -0.39 is 0 Å². The lowest BCUT2D eigenvalue weighted by atomic mass is 10.3. The van der Waals surface area contributed by atoms with Crippen LogP contribution in [-0.4, -0.2) is 27.0 Å². The maximum absolute atomic E-state index is 6.03. The summed E-state index contributed by atoms with van der Waals surface area (Å²) in [6, 6.07) is 0. The van der Waals surface area contributed by atoms with Crippen molar-refractivity contribution in [3.63, 3.8) is 0 Å². The Bertz CT molecular complexity index is 545. The standard InChI is InChI=1S/C14H20N4O/c1-2-7-15-12-10-18-9-8-16-13(18)14(17-12)19-11-5-3-4-6-11/h8-11,15H,2-7H2,1H3. The van der Waals surface area contributed by atoms with Gasteiger partial charge in [-0.2, -0.15) is 4.98 Å². The number of ether oxygens (including phenoxy) is 1. The quantitative estimate of drug-likeness (QED) is 0.898. The predicted octanol–water partition coefficient (Wildman–Crippen LogP) is 2.87. The Hall–Kier alpha value is -1.78. The summed E-state index contributed by atoms with van der Waals surface area (Å²) >= 11 is 0. The number of imidazole rings is 1. The summed E-state index contributed by atoms with van der Waals surface area (Å²) in [7, 11) is 0. The second-order valence-electron chi connectivity index (χ2n) is 5.04. The minimum atomic E-state index is 0.300. The van der Waals surface area contributed by atoms with Crippen LogP contribution in [0.2, 0.25) is 0 Å². The summed E-state index contributed by atoms with van der Waals surface area (Å²) in [6.45, 7) is 3.05. The van der Waals surface area contributed by atoms with Gasteiger partial charge in [0.05, 0.1) is 6.20 Å². The van der Waals surface area contributed by atoms with Crippen LogP contribution in [0, 0.1) is 0 Å². The summed E-state index contributed by atoms with van der Waals surface area (Å²) in [5, 5.41) is 3.30. The SMILES string of the molecule is CCCNc1cn2ccnc2c(OC2CCCC2)n1. The third kappa shape index (κ3) is 2.64. The molecule has 0 saturated heterocycles. The first-order chi connectivity index (χ1) is 9.36. The molecule has 0 amide bonds. The third-order valence-corrected chi connectivity index (χ3v) is 3.48. The van der Waals surface area contributed by atoms with E-state index in [0.717, 1.165) is 37.3 Å². The van der Waals surface area contributed by atoms with E-state index in [0.29, 0.717) is 12.0 Å². The van der Waals surface area contributed by atoms with Crippen molar-refractivity contribution in [2.75, 3.05) is 11.9 Å². The topological polar surface area (TPSA) is 51.5 Å². The maximum atomic E-state index is 6.03. The number of rotatable bonds is 5. The van der Waals surface area contributed by atoms with Gasteiger partial charge < -0.3 is 10.1 Å². The van der Waals surface area contributed by atoms with Crippen LogP contribution in [0.5, 0.6) is 5.88 Å². The van der Waals surface area contributed by atoms with Crippen LogP contribution in [-0.2, 0) is 0 Å². The van der Waals surface area contributed by atoms with Gasteiger partial charge in [0.2, 0.25) is 5.65 Å². The van der Waals surface area contributed by atoms with E-state index in [1.54, 1.807) is 6.20 Å². The summed E-state index contributed by atoms with van der Waals surface area (Å²) < 4.78 is 8.00. The number of anilines is 1. The molecule has 0 spiro atoms. The molecule has 1 aliphatic carbocycles. The molecule has 0 unspecified atom stereocenters. The van der Waals surface area contributed by atoms with Crippen molar-refractivity contribution in [1.29, 1.82) is 0 Å². The maximum Gasteiger partial charge on any atom is 0.260 e. The van der Waals surface area contributed by atoms with Crippen LogP contribution in [0.15, 0.2) is 18.6 Å². The first-order valence-corrected chi connectivity index (χ1v) is 7.11. The van der Waals surface area contributed by atoms with E-state index in [4.69, 9.17) is 4.74 Å². The molecule has 1 aliphatic rings. The molecule has 0 atom stereocenters. The third-order valence-electron chi connectivity index (χ3n) is 3.48. The van der Waals surface area contributed by atoms with Crippen LogP contribution >= 0.6 is 0 Å². The summed E-state index contributed by atoms with van der Waals surface area (Å²) in [5.41, 5.74) is 0.800. The first kappa shape index (κ1) is 12.3. The normalized spacial score (nSPS) is 16.1. The molecule has 5 nitrogen and oxygen atoms in total. The number of nitrogens with one attached hydrogen (secondary N) is 1. The van der Waals surface area contributed by atoms with Crippen LogP contribution in [0.4, 0.5) is 5.82 Å². The van der Waals surface area contributed by atoms with Gasteiger partial charge in [0.1, 0.15) is 11.9 Å². The van der Waals surface area contributed by atoms with Gasteiger partial charge >= 0.3 is 0 Å². The van der Waals surface area contributed by atoms with Crippen molar-refractivity contribution in [3.8, 4) is 5.88 Å². The summed E-state index contributed by atoms with van der Waals surface area (Å²) in [6.07, 6.45) is 11.8. The molecule has 2 aromatic heterocycles. The largest absolute Gasteiger partial charge is 0.472 e. The van der Waals surface area contributed by atoms with E-state index >= 15 is 0 Å². The molecule has 1 saturated carbocycles. The number of nitrogens with zero attached hydrogens (tertiary/aromatic N) is 3. The van der Waals surface area contributed by atoms with E-state index in [1.807, 2.05) is 16.8 Å². The fraction of sp³-hybridized carbons (Fsp3) is 0.571. The lowest BCUT2D eigenvalue weighted by Gasteiger charge is -2.14. The lowest BCUT2D eigenvalue weighted by Crippen LogP contribution is -2.14. The van der Waals surface area contributed by atoms with Crippen molar-refractivity contribution >= 4 is 11.5 Å². The molecular weight excluding hydrogens is 240 g/mol. The summed E-state index contributed by atoms with van der Waals surface area (Å²) in [5.74, 6) is 1.50. The van der Waals surface area contributed by atoms with Gasteiger partial charge in [0.25, 0.3) is 5.88 Å². The minimum absolute atomic E-state index is 0.300. The monoisotopic (exact) mass is 260 g/mol. The second kappa shape index (κ2) is 5.47. The molecule has 19 heavy (non-hydrogen) atoms. The van der Waals surface area contributed by atoms with Crippen molar-refractivity contribution < 1.29 is 4.74 Å². The highest BCUT2D eigenvalue weighted by molar-refractivity contribution is 5.53. The Balaban J connectivity index is 1.88. The molecule has 0 bridgehead atoms. The molecule has 3 rings (SSSR count). The second-order valence-corrected chi connectivity index (χ2v) is 5.04. The van der Waals surface area contributed by atoms with Crippen molar-refractivity contribution in [3.05, 3.63) is 18.6 Å². The van der Waals surface area contributed by atoms with E-state index in [9.17, 15) is 0 Å². The zero-order valence-corrected chi connectivity index (χ0v) is 11.3. The lowest BCUT2D eigenvalue weighted by molar-refractivity contribution is 0.203. The van der Waals surface area contributed by atoms with Crippen molar-refractivity contribution in [2.24, 2.45) is 0 Å². The van der Waals surface area contributed by atoms with Gasteiger partial charge in [0, 0.05) is 18.9 Å². The van der Waals surface area contributed by atoms with Gasteiger partial charge in [-0.05, 0) is 32.1 Å². The molecule has 5 heteroatoms. The Labute approximate surface area is 113 Å². The molecule has 2 aromatic rings. The van der Waals surface area contributed by atoms with Crippen LogP contribution in [0.1, 0.15) is 39.0 Å². The number of fused-ring (bicyclic) bond motifs is 1. The molecule has 1 N–H and O–H groups in total. The molecular formula is C14H20N4O. The molecule has 0 aromatic carbocycles. The average molecular weight is 260 g/mol. The van der Waals surface area contributed by atoms with Crippen molar-refractivity contribution in [2.45, 2.75) is 45.1 Å². The number of aromatic nitrogens is 3. The molecule has 102 valence electrons. The van der Waals surface area contributed by atoms with Gasteiger partial charge in [0.15, 0.2) is 0 Å². The Morgan fingerprint density at radius 3 is 3.05 bits per heavy atom. The number of hydrogen-bond donors (Lipinski definition) is 1. The zero-order chi connectivity index (χ0) is 13.1. The van der Waals surface area contributed by atoms with Gasteiger partial charge in [-0.15, -0.1) is 0 Å².